The van der Waals surface area contributed by atoms with Crippen molar-refractivity contribution in [1.29, 1.82) is 0 Å². The lowest BCUT2D eigenvalue weighted by molar-refractivity contribution is -0.122. The molecule has 1 aliphatic rings. The molecular formula is C22H23ClN2O3S2. The van der Waals surface area contributed by atoms with Gasteiger partial charge in [0.2, 0.25) is 5.91 Å². The van der Waals surface area contributed by atoms with Crippen molar-refractivity contribution in [1.82, 2.24) is 5.32 Å². The molecule has 1 N–H and O–H groups in total. The van der Waals surface area contributed by atoms with Gasteiger partial charge in [0, 0.05) is 27.9 Å². The van der Waals surface area contributed by atoms with Crippen LogP contribution in [0.15, 0.2) is 64.1 Å². The third-order valence-corrected chi connectivity index (χ3v) is 6.61. The first-order chi connectivity index (χ1) is 14.5. The van der Waals surface area contributed by atoms with Crippen LogP contribution in [0, 0.1) is 0 Å². The van der Waals surface area contributed by atoms with Crippen molar-refractivity contribution in [3.05, 3.63) is 69.8 Å². The molecule has 2 aromatic carbocycles. The average Bonchev–Trinajstić information content (AvgIpc) is 2.77. The van der Waals surface area contributed by atoms with E-state index in [0.717, 1.165) is 5.56 Å². The molecule has 5 nitrogen and oxygen atoms in total. The number of nitrogens with zero attached hydrogens (tertiary/aromatic N) is 1. The van der Waals surface area contributed by atoms with Gasteiger partial charge in [-0.25, -0.2) is 0 Å². The zero-order valence-electron chi connectivity index (χ0n) is 16.8. The molecule has 2 amide bonds. The van der Waals surface area contributed by atoms with Crippen LogP contribution in [0.1, 0.15) is 12.5 Å². The second kappa shape index (κ2) is 10.8. The van der Waals surface area contributed by atoms with Gasteiger partial charge in [-0.1, -0.05) is 23.7 Å². The molecule has 30 heavy (non-hydrogen) atoms. The fourth-order valence-corrected chi connectivity index (χ4v) is 4.29. The maximum Gasteiger partial charge on any atom is 0.268 e. The van der Waals surface area contributed by atoms with Crippen molar-refractivity contribution in [2.75, 3.05) is 30.1 Å². The minimum absolute atomic E-state index is 0.0965. The summed E-state index contributed by atoms with van der Waals surface area (Å²) in [5, 5.41) is 3.46. The number of hydrogen-bond donors (Lipinski definition) is 1. The predicted octanol–water partition coefficient (Wildman–Crippen LogP) is 4.71. The highest BCUT2D eigenvalue weighted by atomic mass is 35.5. The van der Waals surface area contributed by atoms with Gasteiger partial charge in [-0.05, 0) is 55.1 Å². The van der Waals surface area contributed by atoms with Crippen molar-refractivity contribution in [2.45, 2.75) is 18.4 Å². The summed E-state index contributed by atoms with van der Waals surface area (Å²) in [6, 6.07) is 14.9. The maximum atomic E-state index is 13.2. The van der Waals surface area contributed by atoms with E-state index in [1.165, 1.54) is 21.6 Å². The fourth-order valence-electron chi connectivity index (χ4n) is 2.89. The molecule has 0 aromatic heterocycles. The van der Waals surface area contributed by atoms with E-state index in [2.05, 4.69) is 5.32 Å². The van der Waals surface area contributed by atoms with E-state index in [-0.39, 0.29) is 18.4 Å². The van der Waals surface area contributed by atoms with Gasteiger partial charge in [0.15, 0.2) is 0 Å². The van der Waals surface area contributed by atoms with Crippen LogP contribution in [0.2, 0.25) is 5.02 Å². The van der Waals surface area contributed by atoms with Gasteiger partial charge in [-0.3, -0.25) is 14.5 Å². The Bertz CT molecular complexity index is 930. The second-order valence-electron chi connectivity index (χ2n) is 6.57. The Kier molecular flexibility index (Phi) is 8.13. The van der Waals surface area contributed by atoms with Gasteiger partial charge in [0.05, 0.1) is 6.61 Å². The van der Waals surface area contributed by atoms with Crippen LogP contribution in [0.3, 0.4) is 0 Å². The van der Waals surface area contributed by atoms with E-state index in [4.69, 9.17) is 16.3 Å². The predicted molar refractivity (Wildman–Crippen MR) is 125 cm³/mol. The number of halogens is 1. The van der Waals surface area contributed by atoms with Crippen LogP contribution in [0.5, 0.6) is 0 Å². The molecule has 158 valence electrons. The topological polar surface area (TPSA) is 58.6 Å². The summed E-state index contributed by atoms with van der Waals surface area (Å²) in [5.74, 6) is 0.793. The van der Waals surface area contributed by atoms with Gasteiger partial charge >= 0.3 is 0 Å². The first-order valence-electron chi connectivity index (χ1n) is 9.41. The number of amides is 2. The SMILES string of the molecule is CSc1ccc(CNC(=O)CN(C(=O)C2=C(C)OCCS2)c2ccc(Cl)cc2)cc1. The number of hydrogen-bond acceptors (Lipinski definition) is 5. The zero-order valence-corrected chi connectivity index (χ0v) is 19.2. The van der Waals surface area contributed by atoms with Gasteiger partial charge in [0.1, 0.15) is 17.2 Å². The van der Waals surface area contributed by atoms with Crippen molar-refractivity contribution in [3.8, 4) is 0 Å². The van der Waals surface area contributed by atoms with Crippen molar-refractivity contribution < 1.29 is 14.3 Å². The van der Waals surface area contributed by atoms with Crippen LogP contribution in [0.25, 0.3) is 0 Å². The molecule has 2 aromatic rings. The number of carbonyl (C=O) groups is 2. The highest BCUT2D eigenvalue weighted by molar-refractivity contribution is 8.04. The summed E-state index contributed by atoms with van der Waals surface area (Å²) in [7, 11) is 0. The summed E-state index contributed by atoms with van der Waals surface area (Å²) in [4.78, 5) is 29.0. The molecule has 0 aliphatic carbocycles. The second-order valence-corrected chi connectivity index (χ2v) is 9.00. The molecule has 8 heteroatoms. The normalized spacial score (nSPS) is 13.6. The third kappa shape index (κ3) is 5.97. The Balaban J connectivity index is 1.73. The average molecular weight is 463 g/mol. The van der Waals surface area contributed by atoms with Crippen molar-refractivity contribution in [2.24, 2.45) is 0 Å². The summed E-state index contributed by atoms with van der Waals surface area (Å²) in [5.41, 5.74) is 1.61. The number of carbonyl (C=O) groups excluding carboxylic acids is 2. The number of ether oxygens (including phenoxy) is 1. The quantitative estimate of drug-likeness (QED) is 0.604. The molecule has 3 rings (SSSR count). The summed E-state index contributed by atoms with van der Waals surface area (Å²) < 4.78 is 5.53. The Morgan fingerprint density at radius 1 is 1.17 bits per heavy atom. The van der Waals surface area contributed by atoms with E-state index in [1.54, 1.807) is 43.0 Å². The number of thioether (sulfide) groups is 2. The fraction of sp³-hybridized carbons (Fsp3) is 0.273. The molecule has 0 fully saturated rings. The Morgan fingerprint density at radius 2 is 1.87 bits per heavy atom. The van der Waals surface area contributed by atoms with Gasteiger partial charge in [0.25, 0.3) is 5.91 Å². The number of allylic oxidation sites excluding steroid dienone is 1. The van der Waals surface area contributed by atoms with Gasteiger partial charge < -0.3 is 10.1 Å². The standard InChI is InChI=1S/C22H23ClN2O3S2/c1-15-21(30-12-11-28-15)22(27)25(18-7-5-17(23)6-8-18)14-20(26)24-13-16-3-9-19(29-2)10-4-16/h3-10H,11-14H2,1-2H3,(H,24,26). The van der Waals surface area contributed by atoms with Crippen LogP contribution in [-0.2, 0) is 20.9 Å². The zero-order chi connectivity index (χ0) is 21.5. The van der Waals surface area contributed by atoms with E-state index in [1.807, 2.05) is 30.5 Å². The van der Waals surface area contributed by atoms with Gasteiger partial charge in [-0.15, -0.1) is 23.5 Å². The van der Waals surface area contributed by atoms with Crippen molar-refractivity contribution >= 4 is 52.6 Å². The van der Waals surface area contributed by atoms with Crippen LogP contribution in [-0.4, -0.2) is 37.0 Å². The minimum Gasteiger partial charge on any atom is -0.496 e. The lowest BCUT2D eigenvalue weighted by Gasteiger charge is -2.26. The Labute approximate surface area is 190 Å². The molecule has 0 bridgehead atoms. The first kappa shape index (κ1) is 22.6. The molecule has 0 unspecified atom stereocenters. The minimum atomic E-state index is -0.251. The Hall–Kier alpha value is -2.09. The highest BCUT2D eigenvalue weighted by Gasteiger charge is 2.27. The van der Waals surface area contributed by atoms with E-state index >= 15 is 0 Å². The van der Waals surface area contributed by atoms with Gasteiger partial charge in [-0.2, -0.15) is 0 Å². The van der Waals surface area contributed by atoms with Crippen molar-refractivity contribution in [3.63, 3.8) is 0 Å². The molecule has 0 saturated carbocycles. The van der Waals surface area contributed by atoms with Crippen LogP contribution in [0.4, 0.5) is 5.69 Å². The number of nitrogens with one attached hydrogen (secondary N) is 1. The lowest BCUT2D eigenvalue weighted by Crippen LogP contribution is -2.41. The first-order valence-corrected chi connectivity index (χ1v) is 12.0. The summed E-state index contributed by atoms with van der Waals surface area (Å²) in [6.45, 7) is 2.65. The van der Waals surface area contributed by atoms with E-state index in [9.17, 15) is 9.59 Å². The molecule has 1 heterocycles. The molecular weight excluding hydrogens is 440 g/mol. The number of rotatable bonds is 7. The molecule has 0 saturated heterocycles. The van der Waals surface area contributed by atoms with Crippen LogP contribution < -0.4 is 10.2 Å². The number of benzene rings is 2. The molecule has 1 aliphatic heterocycles. The highest BCUT2D eigenvalue weighted by Crippen LogP contribution is 2.29. The summed E-state index contributed by atoms with van der Waals surface area (Å²) >= 11 is 9.11. The molecule has 0 spiro atoms. The smallest absolute Gasteiger partial charge is 0.268 e. The van der Waals surface area contributed by atoms with E-state index < -0.39 is 0 Å². The number of anilines is 1. The van der Waals surface area contributed by atoms with Crippen LogP contribution >= 0.6 is 35.1 Å². The van der Waals surface area contributed by atoms with E-state index in [0.29, 0.717) is 40.3 Å². The maximum absolute atomic E-state index is 13.2. The third-order valence-electron chi connectivity index (χ3n) is 4.50. The molecule has 0 atom stereocenters. The summed E-state index contributed by atoms with van der Waals surface area (Å²) in [6.07, 6.45) is 2.02. The molecule has 0 radical (unpaired) electrons. The largest absolute Gasteiger partial charge is 0.496 e. The Morgan fingerprint density at radius 3 is 2.50 bits per heavy atom. The lowest BCUT2D eigenvalue weighted by atomic mass is 10.2. The monoisotopic (exact) mass is 462 g/mol.